The van der Waals surface area contributed by atoms with Crippen molar-refractivity contribution in [2.75, 3.05) is 20.6 Å². The van der Waals surface area contributed by atoms with Crippen molar-refractivity contribution >= 4 is 33.1 Å². The van der Waals surface area contributed by atoms with Gasteiger partial charge < -0.3 is 19.6 Å². The van der Waals surface area contributed by atoms with Crippen molar-refractivity contribution < 1.29 is 5.11 Å². The lowest BCUT2D eigenvalue weighted by Gasteiger charge is -2.09. The van der Waals surface area contributed by atoms with Gasteiger partial charge in [-0.3, -0.25) is 4.68 Å². The number of nitrogens with zero attached hydrogens (tertiary/aromatic N) is 4. The highest BCUT2D eigenvalue weighted by molar-refractivity contribution is 7.12. The average molecular weight is 482 g/mol. The summed E-state index contributed by atoms with van der Waals surface area (Å²) in [6.45, 7) is 1.81. The van der Waals surface area contributed by atoms with Gasteiger partial charge in [-0.2, -0.15) is 5.10 Å². The van der Waals surface area contributed by atoms with Gasteiger partial charge in [0.2, 0.25) is 0 Å². The van der Waals surface area contributed by atoms with Crippen LogP contribution in [-0.4, -0.2) is 50.0 Å². The van der Waals surface area contributed by atoms with Crippen LogP contribution < -0.4 is 0 Å². The number of aromatic amines is 1. The second-order valence-electron chi connectivity index (χ2n) is 9.05. The average Bonchev–Trinajstić information content (AvgIpc) is 3.64. The fourth-order valence-electron chi connectivity index (χ4n) is 4.87. The molecule has 0 radical (unpaired) electrons. The molecule has 0 fully saturated rings. The fourth-order valence-corrected chi connectivity index (χ4v) is 5.59. The van der Waals surface area contributed by atoms with Gasteiger partial charge in [-0.05, 0) is 56.7 Å². The zero-order chi connectivity index (χ0) is 23.9. The molecule has 2 N–H and O–H groups in total. The van der Waals surface area contributed by atoms with Gasteiger partial charge in [0.05, 0.1) is 21.6 Å². The zero-order valence-corrected chi connectivity index (χ0v) is 20.6. The highest BCUT2D eigenvalue weighted by Crippen LogP contribution is 2.44. The normalized spacial score (nSPS) is 11.9. The monoisotopic (exact) mass is 481 g/mol. The van der Waals surface area contributed by atoms with Crippen LogP contribution in [-0.2, 0) is 6.54 Å². The third-order valence-corrected chi connectivity index (χ3v) is 7.34. The number of aryl methyl sites for hydroxylation is 1. The maximum absolute atomic E-state index is 11.0. The van der Waals surface area contributed by atoms with Gasteiger partial charge in [-0.25, -0.2) is 0 Å². The molecular weight excluding hydrogens is 454 g/mol. The molecule has 4 aromatic heterocycles. The first-order chi connectivity index (χ1) is 17.1. The molecule has 0 unspecified atom stereocenters. The van der Waals surface area contributed by atoms with E-state index in [2.05, 4.69) is 93.3 Å². The minimum absolute atomic E-state index is 0.136. The lowest BCUT2D eigenvalue weighted by molar-refractivity contribution is 0.383. The van der Waals surface area contributed by atoms with Crippen molar-refractivity contribution in [3.8, 4) is 33.3 Å². The number of benzene rings is 2. The number of aromatic nitrogens is 4. The van der Waals surface area contributed by atoms with Crippen LogP contribution in [0.25, 0.3) is 49.2 Å². The molecule has 0 saturated heterocycles. The van der Waals surface area contributed by atoms with Crippen molar-refractivity contribution in [3.63, 3.8) is 0 Å². The van der Waals surface area contributed by atoms with Gasteiger partial charge in [0, 0.05) is 40.8 Å². The molecule has 6 aromatic rings. The van der Waals surface area contributed by atoms with Crippen molar-refractivity contribution in [1.29, 1.82) is 0 Å². The Kier molecular flexibility index (Phi) is 5.43. The van der Waals surface area contributed by atoms with Crippen LogP contribution in [0.2, 0.25) is 0 Å². The number of aromatic hydroxyl groups is 1. The molecule has 0 spiro atoms. The molecule has 6 nitrogen and oxygen atoms in total. The van der Waals surface area contributed by atoms with E-state index >= 15 is 0 Å². The SMILES string of the molecule is CN(C)CCCn1nc(-c2c(-c3cn(-c4cccs4)c4ccccc34)c[nH]c2O)c2ccccc21. The van der Waals surface area contributed by atoms with E-state index in [1.54, 1.807) is 11.3 Å². The summed E-state index contributed by atoms with van der Waals surface area (Å²) in [5.41, 5.74) is 5.75. The molecule has 0 aliphatic carbocycles. The van der Waals surface area contributed by atoms with E-state index < -0.39 is 0 Å². The third kappa shape index (κ3) is 3.73. The minimum Gasteiger partial charge on any atom is -0.494 e. The van der Waals surface area contributed by atoms with Gasteiger partial charge in [-0.15, -0.1) is 11.3 Å². The van der Waals surface area contributed by atoms with Gasteiger partial charge in [0.1, 0.15) is 5.69 Å². The molecule has 0 amide bonds. The summed E-state index contributed by atoms with van der Waals surface area (Å²) < 4.78 is 4.29. The number of thiophene rings is 1. The minimum atomic E-state index is 0.136. The van der Waals surface area contributed by atoms with Crippen molar-refractivity contribution in [3.05, 3.63) is 78.4 Å². The van der Waals surface area contributed by atoms with E-state index in [1.165, 1.54) is 0 Å². The van der Waals surface area contributed by atoms with E-state index in [1.807, 2.05) is 18.3 Å². The summed E-state index contributed by atoms with van der Waals surface area (Å²) in [6, 6.07) is 20.9. The lowest BCUT2D eigenvalue weighted by atomic mass is 10.00. The summed E-state index contributed by atoms with van der Waals surface area (Å²) in [6.07, 6.45) is 5.06. The molecular formula is C28H27N5OS. The Hall–Kier alpha value is -3.81. The molecule has 0 atom stereocenters. The van der Waals surface area contributed by atoms with Gasteiger partial charge in [-0.1, -0.05) is 36.4 Å². The van der Waals surface area contributed by atoms with Gasteiger partial charge in [0.25, 0.3) is 0 Å². The van der Waals surface area contributed by atoms with E-state index in [9.17, 15) is 5.11 Å². The largest absolute Gasteiger partial charge is 0.494 e. The molecule has 0 aliphatic rings. The van der Waals surface area contributed by atoms with Crippen molar-refractivity contribution in [2.45, 2.75) is 13.0 Å². The number of hydrogen-bond acceptors (Lipinski definition) is 4. The summed E-state index contributed by atoms with van der Waals surface area (Å²) >= 11 is 1.71. The molecule has 35 heavy (non-hydrogen) atoms. The first-order valence-electron chi connectivity index (χ1n) is 11.8. The van der Waals surface area contributed by atoms with E-state index in [0.29, 0.717) is 0 Å². The smallest absolute Gasteiger partial charge is 0.198 e. The number of H-pyrrole nitrogens is 1. The van der Waals surface area contributed by atoms with Crippen molar-refractivity contribution in [2.24, 2.45) is 0 Å². The quantitative estimate of drug-likeness (QED) is 0.279. The number of fused-ring (bicyclic) bond motifs is 2. The van der Waals surface area contributed by atoms with Gasteiger partial charge >= 0.3 is 0 Å². The Morgan fingerprint density at radius 1 is 0.943 bits per heavy atom. The van der Waals surface area contributed by atoms with Crippen LogP contribution >= 0.6 is 11.3 Å². The topological polar surface area (TPSA) is 62.0 Å². The first kappa shape index (κ1) is 21.7. The number of nitrogens with one attached hydrogen (secondary N) is 1. The Morgan fingerprint density at radius 3 is 2.49 bits per heavy atom. The standard InChI is InChI=1S/C28H27N5OS/c1-31(2)14-8-15-33-24-12-6-4-10-20(24)27(30-33)26-21(17-29-28(26)34)22-18-32(25-13-7-16-35-25)23-11-5-3-9-19(22)23/h3-7,9-13,16-18,29,34H,8,14-15H2,1-2H3. The summed E-state index contributed by atoms with van der Waals surface area (Å²) in [4.78, 5) is 5.25. The van der Waals surface area contributed by atoms with E-state index in [0.717, 1.165) is 68.7 Å². The highest BCUT2D eigenvalue weighted by atomic mass is 32.1. The molecule has 2 aromatic carbocycles. The second-order valence-corrected chi connectivity index (χ2v) is 9.98. The predicted octanol–water partition coefficient (Wildman–Crippen LogP) is 6.36. The zero-order valence-electron chi connectivity index (χ0n) is 19.8. The summed E-state index contributed by atoms with van der Waals surface area (Å²) in [5, 5.41) is 21.5. The Labute approximate surface area is 207 Å². The Morgan fingerprint density at radius 2 is 1.71 bits per heavy atom. The Bertz CT molecular complexity index is 1620. The van der Waals surface area contributed by atoms with Crippen LogP contribution in [0.1, 0.15) is 6.42 Å². The third-order valence-electron chi connectivity index (χ3n) is 6.48. The van der Waals surface area contributed by atoms with Gasteiger partial charge in [0.15, 0.2) is 5.88 Å². The predicted molar refractivity (Wildman–Crippen MR) is 145 cm³/mol. The number of para-hydroxylation sites is 2. The highest BCUT2D eigenvalue weighted by Gasteiger charge is 2.23. The van der Waals surface area contributed by atoms with E-state index in [-0.39, 0.29) is 5.88 Å². The summed E-state index contributed by atoms with van der Waals surface area (Å²) in [5.74, 6) is 0.136. The number of hydrogen-bond donors (Lipinski definition) is 2. The molecule has 0 saturated carbocycles. The van der Waals surface area contributed by atoms with Crippen LogP contribution in [0.3, 0.4) is 0 Å². The molecule has 4 heterocycles. The van der Waals surface area contributed by atoms with Crippen LogP contribution in [0.5, 0.6) is 5.88 Å². The lowest BCUT2D eigenvalue weighted by Crippen LogP contribution is -2.15. The second kappa shape index (κ2) is 8.76. The number of rotatable bonds is 7. The first-order valence-corrected chi connectivity index (χ1v) is 12.6. The molecule has 6 rings (SSSR count). The van der Waals surface area contributed by atoms with Crippen LogP contribution in [0.15, 0.2) is 78.4 Å². The molecule has 7 heteroatoms. The molecule has 176 valence electrons. The van der Waals surface area contributed by atoms with Crippen molar-refractivity contribution in [1.82, 2.24) is 24.2 Å². The maximum Gasteiger partial charge on any atom is 0.198 e. The molecule has 0 aliphatic heterocycles. The Balaban J connectivity index is 1.53. The fraction of sp³-hybridized carbons (Fsp3) is 0.179. The summed E-state index contributed by atoms with van der Waals surface area (Å²) in [7, 11) is 4.17. The van der Waals surface area contributed by atoms with Crippen LogP contribution in [0, 0.1) is 0 Å². The van der Waals surface area contributed by atoms with Crippen LogP contribution in [0.4, 0.5) is 0 Å². The van der Waals surface area contributed by atoms with E-state index in [4.69, 9.17) is 5.10 Å². The molecule has 0 bridgehead atoms. The maximum atomic E-state index is 11.0.